The van der Waals surface area contributed by atoms with Gasteiger partial charge in [0, 0.05) is 25.8 Å². The number of carbonyl (C=O) groups excluding carboxylic acids is 1. The second-order valence-corrected chi connectivity index (χ2v) is 7.97. The summed E-state index contributed by atoms with van der Waals surface area (Å²) in [6.07, 6.45) is 0.641. The third-order valence-corrected chi connectivity index (χ3v) is 5.55. The van der Waals surface area contributed by atoms with Crippen LogP contribution in [0, 0.1) is 5.92 Å². The Balaban J connectivity index is 2.29. The summed E-state index contributed by atoms with van der Waals surface area (Å²) in [5.74, 6) is -3.00. The van der Waals surface area contributed by atoms with E-state index in [0.717, 1.165) is 6.26 Å². The Bertz CT molecular complexity index is 682. The first-order valence-electron chi connectivity index (χ1n) is 7.63. The van der Waals surface area contributed by atoms with Crippen LogP contribution in [-0.2, 0) is 24.2 Å². The summed E-state index contributed by atoms with van der Waals surface area (Å²) in [6.45, 7) is 1.58. The van der Waals surface area contributed by atoms with Crippen molar-refractivity contribution in [3.8, 4) is 0 Å². The molecular formula is C16H21NO6S. The summed E-state index contributed by atoms with van der Waals surface area (Å²) in [4.78, 5) is 25.6. The molecule has 0 bridgehead atoms. The second-order valence-electron chi connectivity index (χ2n) is 5.80. The van der Waals surface area contributed by atoms with Gasteiger partial charge in [0.1, 0.15) is 0 Å². The maximum Gasteiger partial charge on any atom is 0.308 e. The molecule has 1 heterocycles. The highest BCUT2D eigenvalue weighted by Crippen LogP contribution is 2.33. The van der Waals surface area contributed by atoms with Gasteiger partial charge in [-0.15, -0.1) is 0 Å². The van der Waals surface area contributed by atoms with Crippen molar-refractivity contribution in [3.05, 3.63) is 35.9 Å². The van der Waals surface area contributed by atoms with E-state index in [1.54, 1.807) is 30.3 Å². The van der Waals surface area contributed by atoms with Gasteiger partial charge in [0.05, 0.1) is 24.4 Å². The number of carbonyl (C=O) groups is 2. The number of rotatable bonds is 6. The van der Waals surface area contributed by atoms with Crippen LogP contribution in [0.2, 0.25) is 0 Å². The van der Waals surface area contributed by atoms with Gasteiger partial charge in [0.2, 0.25) is 5.91 Å². The fraction of sp³-hybridized carbons (Fsp3) is 0.500. The van der Waals surface area contributed by atoms with Crippen LogP contribution in [0.1, 0.15) is 17.2 Å². The van der Waals surface area contributed by atoms with E-state index < -0.39 is 27.0 Å². The highest BCUT2D eigenvalue weighted by Gasteiger charge is 2.39. The largest absolute Gasteiger partial charge is 0.481 e. The lowest BCUT2D eigenvalue weighted by Gasteiger charge is -2.29. The maximum absolute atomic E-state index is 12.4. The minimum atomic E-state index is -3.71. The summed E-state index contributed by atoms with van der Waals surface area (Å²) < 4.78 is 29.6. The molecule has 1 unspecified atom stereocenters. The summed E-state index contributed by atoms with van der Waals surface area (Å²) in [5, 5.41) is 8.29. The Kier molecular flexibility index (Phi) is 5.95. The molecule has 0 aliphatic carbocycles. The molecule has 1 aromatic carbocycles. The Labute approximate surface area is 141 Å². The zero-order valence-electron chi connectivity index (χ0n) is 13.4. The topological polar surface area (TPSA) is 101 Å². The van der Waals surface area contributed by atoms with Crippen molar-refractivity contribution >= 4 is 21.7 Å². The first kappa shape index (κ1) is 18.4. The third kappa shape index (κ3) is 4.55. The molecule has 2 rings (SSSR count). The molecule has 1 aromatic rings. The number of hydrogen-bond donors (Lipinski definition) is 1. The highest BCUT2D eigenvalue weighted by molar-refractivity contribution is 7.91. The highest BCUT2D eigenvalue weighted by atomic mass is 32.2. The van der Waals surface area contributed by atoms with Crippen molar-refractivity contribution in [1.82, 2.24) is 4.90 Å². The Morgan fingerprint density at radius 2 is 1.79 bits per heavy atom. The molecule has 1 aliphatic heterocycles. The van der Waals surface area contributed by atoms with Crippen LogP contribution >= 0.6 is 0 Å². The molecule has 0 spiro atoms. The van der Waals surface area contributed by atoms with E-state index in [-0.39, 0.29) is 12.3 Å². The molecule has 0 radical (unpaired) electrons. The van der Waals surface area contributed by atoms with Crippen LogP contribution in [-0.4, -0.2) is 62.9 Å². The van der Waals surface area contributed by atoms with E-state index in [1.807, 2.05) is 0 Å². The number of carboxylic acid groups (broad SMARTS) is 1. The summed E-state index contributed by atoms with van der Waals surface area (Å²) in [7, 11) is -3.71. The average molecular weight is 355 g/mol. The third-order valence-electron chi connectivity index (χ3n) is 4.03. The minimum Gasteiger partial charge on any atom is -0.481 e. The zero-order chi connectivity index (χ0) is 17.7. The summed E-state index contributed by atoms with van der Waals surface area (Å²) in [5.41, 5.74) is 0.377. The van der Waals surface area contributed by atoms with Crippen molar-refractivity contribution in [2.45, 2.75) is 11.7 Å². The van der Waals surface area contributed by atoms with Crippen molar-refractivity contribution in [2.75, 3.05) is 32.6 Å². The van der Waals surface area contributed by atoms with Gasteiger partial charge in [-0.25, -0.2) is 8.42 Å². The van der Waals surface area contributed by atoms with Crippen LogP contribution in [0.4, 0.5) is 0 Å². The molecule has 1 aliphatic rings. The Morgan fingerprint density at radius 1 is 1.21 bits per heavy atom. The van der Waals surface area contributed by atoms with Crippen molar-refractivity contribution in [2.24, 2.45) is 5.92 Å². The normalized spacial score (nSPS) is 18.0. The molecule has 2 atom stereocenters. The lowest BCUT2D eigenvalue weighted by atomic mass is 9.95. The van der Waals surface area contributed by atoms with E-state index in [4.69, 9.17) is 4.74 Å². The first-order valence-corrected chi connectivity index (χ1v) is 9.58. The summed E-state index contributed by atoms with van der Waals surface area (Å²) in [6, 6.07) is 8.16. The fourth-order valence-corrected chi connectivity index (χ4v) is 4.34. The molecule has 24 heavy (non-hydrogen) atoms. The molecule has 1 fully saturated rings. The second kappa shape index (κ2) is 7.76. The van der Waals surface area contributed by atoms with Crippen LogP contribution in [0.3, 0.4) is 0 Å². The van der Waals surface area contributed by atoms with Crippen LogP contribution in [0.15, 0.2) is 30.3 Å². The molecular weight excluding hydrogens is 334 g/mol. The van der Waals surface area contributed by atoms with Gasteiger partial charge >= 0.3 is 5.97 Å². The van der Waals surface area contributed by atoms with E-state index in [9.17, 15) is 23.1 Å². The smallest absolute Gasteiger partial charge is 0.308 e. The number of aliphatic carboxylic acids is 1. The molecule has 1 N–H and O–H groups in total. The van der Waals surface area contributed by atoms with Gasteiger partial charge < -0.3 is 14.7 Å². The SMILES string of the molecule is CS(=O)(=O)[C@H](c1ccccc1)C(CC(=O)N1CCOCC1)C(=O)O. The Hall–Kier alpha value is -1.93. The predicted octanol–water partition coefficient (Wildman–Crippen LogP) is 0.722. The average Bonchev–Trinajstić information content (AvgIpc) is 2.54. The summed E-state index contributed by atoms with van der Waals surface area (Å²) >= 11 is 0. The van der Waals surface area contributed by atoms with E-state index in [1.165, 1.54) is 4.90 Å². The number of hydrogen-bond acceptors (Lipinski definition) is 5. The van der Waals surface area contributed by atoms with Crippen molar-refractivity contribution < 1.29 is 27.9 Å². The lowest BCUT2D eigenvalue weighted by molar-refractivity contribution is -0.147. The number of amides is 1. The van der Waals surface area contributed by atoms with Gasteiger partial charge in [0.25, 0.3) is 0 Å². The van der Waals surface area contributed by atoms with Gasteiger partial charge in [-0.2, -0.15) is 0 Å². The molecule has 1 amide bonds. The lowest BCUT2D eigenvalue weighted by Crippen LogP contribution is -2.43. The maximum atomic E-state index is 12.4. The molecule has 7 nitrogen and oxygen atoms in total. The van der Waals surface area contributed by atoms with E-state index in [0.29, 0.717) is 31.9 Å². The predicted molar refractivity (Wildman–Crippen MR) is 87.2 cm³/mol. The number of morpholine rings is 1. The number of benzene rings is 1. The first-order chi connectivity index (χ1) is 11.3. The number of carboxylic acids is 1. The van der Waals surface area contributed by atoms with Gasteiger partial charge in [0.15, 0.2) is 9.84 Å². The quantitative estimate of drug-likeness (QED) is 0.807. The van der Waals surface area contributed by atoms with Crippen LogP contribution in [0.25, 0.3) is 0 Å². The van der Waals surface area contributed by atoms with Crippen LogP contribution < -0.4 is 0 Å². The zero-order valence-corrected chi connectivity index (χ0v) is 14.2. The van der Waals surface area contributed by atoms with Gasteiger partial charge in [-0.05, 0) is 5.56 Å². The van der Waals surface area contributed by atoms with Gasteiger partial charge in [-0.3, -0.25) is 9.59 Å². The van der Waals surface area contributed by atoms with Crippen LogP contribution in [0.5, 0.6) is 0 Å². The minimum absolute atomic E-state index is 0.359. The van der Waals surface area contributed by atoms with Gasteiger partial charge in [-0.1, -0.05) is 30.3 Å². The monoisotopic (exact) mass is 355 g/mol. The molecule has 1 saturated heterocycles. The standard InChI is InChI=1S/C16H21NO6S/c1-24(21,22)15(12-5-3-2-4-6-12)13(16(19)20)11-14(18)17-7-9-23-10-8-17/h2-6,13,15H,7-11H2,1H3,(H,19,20)/t13?,15-/m1/s1. The Morgan fingerprint density at radius 3 is 2.29 bits per heavy atom. The van der Waals surface area contributed by atoms with Crippen molar-refractivity contribution in [3.63, 3.8) is 0 Å². The van der Waals surface area contributed by atoms with Crippen molar-refractivity contribution in [1.29, 1.82) is 0 Å². The molecule has 8 heteroatoms. The number of sulfone groups is 1. The molecule has 132 valence electrons. The van der Waals surface area contributed by atoms with E-state index >= 15 is 0 Å². The number of ether oxygens (including phenoxy) is 1. The fourth-order valence-electron chi connectivity index (χ4n) is 2.87. The molecule has 0 aromatic heterocycles. The molecule has 0 saturated carbocycles. The number of nitrogens with zero attached hydrogens (tertiary/aromatic N) is 1. The van der Waals surface area contributed by atoms with E-state index in [2.05, 4.69) is 0 Å².